The minimum Gasteiger partial charge on any atom is -0.495 e. The number of aryl methyl sites for hydroxylation is 1. The van der Waals surface area contributed by atoms with Crippen LogP contribution in [0.4, 0.5) is 0 Å². The van der Waals surface area contributed by atoms with Crippen molar-refractivity contribution in [3.8, 4) is 5.75 Å². The van der Waals surface area contributed by atoms with Crippen LogP contribution in [0, 0.1) is 0 Å². The van der Waals surface area contributed by atoms with Crippen molar-refractivity contribution in [3.05, 3.63) is 42.5 Å². The second-order valence-electron chi connectivity index (χ2n) is 7.23. The third-order valence-electron chi connectivity index (χ3n) is 5.08. The summed E-state index contributed by atoms with van der Waals surface area (Å²) in [6, 6.07) is 4.41. The number of amides is 1. The summed E-state index contributed by atoms with van der Waals surface area (Å²) in [5.74, 6) is -0.0858. The summed E-state index contributed by atoms with van der Waals surface area (Å²) in [5, 5.41) is 2.83. The van der Waals surface area contributed by atoms with Gasteiger partial charge in [0.1, 0.15) is 10.6 Å². The SMILES string of the molecule is COc1ccc(C(=O)NCCCn2ccnc2)cc1S(=O)(=O)NC1CCCCC1. The molecule has 2 aromatic rings. The molecule has 2 N–H and O–H groups in total. The van der Waals surface area contributed by atoms with Gasteiger partial charge in [-0.25, -0.2) is 18.1 Å². The first-order valence-electron chi connectivity index (χ1n) is 9.94. The van der Waals surface area contributed by atoms with Crippen molar-refractivity contribution < 1.29 is 17.9 Å². The number of nitrogens with zero attached hydrogens (tertiary/aromatic N) is 2. The second-order valence-corrected chi connectivity index (χ2v) is 8.91. The van der Waals surface area contributed by atoms with Crippen LogP contribution in [0.3, 0.4) is 0 Å². The summed E-state index contributed by atoms with van der Waals surface area (Å²) >= 11 is 0. The summed E-state index contributed by atoms with van der Waals surface area (Å²) < 4.78 is 35.8. The van der Waals surface area contributed by atoms with E-state index in [1.165, 1.54) is 19.2 Å². The zero-order valence-electron chi connectivity index (χ0n) is 16.6. The summed E-state index contributed by atoms with van der Waals surface area (Å²) in [7, 11) is -2.36. The van der Waals surface area contributed by atoms with Gasteiger partial charge in [-0.3, -0.25) is 4.79 Å². The quantitative estimate of drug-likeness (QED) is 0.606. The molecule has 29 heavy (non-hydrogen) atoms. The lowest BCUT2D eigenvalue weighted by atomic mass is 9.96. The van der Waals surface area contributed by atoms with Crippen LogP contribution < -0.4 is 14.8 Å². The molecule has 1 aromatic carbocycles. The van der Waals surface area contributed by atoms with Crippen molar-refractivity contribution in [2.45, 2.75) is 56.0 Å². The van der Waals surface area contributed by atoms with Crippen molar-refractivity contribution >= 4 is 15.9 Å². The van der Waals surface area contributed by atoms with Crippen molar-refractivity contribution in [3.63, 3.8) is 0 Å². The highest BCUT2D eigenvalue weighted by atomic mass is 32.2. The molecule has 1 aromatic heterocycles. The molecule has 1 fully saturated rings. The fourth-order valence-electron chi connectivity index (χ4n) is 3.52. The third kappa shape index (κ3) is 5.80. The molecule has 0 spiro atoms. The molecule has 1 heterocycles. The number of benzene rings is 1. The van der Waals surface area contributed by atoms with Gasteiger partial charge >= 0.3 is 0 Å². The Morgan fingerprint density at radius 3 is 2.76 bits per heavy atom. The zero-order valence-corrected chi connectivity index (χ0v) is 17.5. The number of aromatic nitrogens is 2. The van der Waals surface area contributed by atoms with Crippen LogP contribution in [0.15, 0.2) is 41.8 Å². The van der Waals surface area contributed by atoms with Gasteiger partial charge in [0.2, 0.25) is 10.0 Å². The number of nitrogens with one attached hydrogen (secondary N) is 2. The third-order valence-corrected chi connectivity index (χ3v) is 6.62. The first kappa shape index (κ1) is 21.3. The van der Waals surface area contributed by atoms with Crippen LogP contribution >= 0.6 is 0 Å². The maximum atomic E-state index is 12.9. The number of sulfonamides is 1. The summed E-state index contributed by atoms with van der Waals surface area (Å²) in [5.41, 5.74) is 0.289. The van der Waals surface area contributed by atoms with E-state index in [-0.39, 0.29) is 28.2 Å². The van der Waals surface area contributed by atoms with Crippen LogP contribution in [-0.4, -0.2) is 43.6 Å². The molecule has 0 saturated heterocycles. The van der Waals surface area contributed by atoms with E-state index in [4.69, 9.17) is 4.74 Å². The Hall–Kier alpha value is -2.39. The summed E-state index contributed by atoms with van der Waals surface area (Å²) in [4.78, 5) is 16.5. The number of hydrogen-bond donors (Lipinski definition) is 2. The number of carbonyl (C=O) groups excluding carboxylic acids is 1. The molecule has 0 radical (unpaired) electrons. The van der Waals surface area contributed by atoms with Gasteiger partial charge in [-0.05, 0) is 37.5 Å². The maximum Gasteiger partial charge on any atom is 0.251 e. The van der Waals surface area contributed by atoms with Gasteiger partial charge in [0.25, 0.3) is 5.91 Å². The molecule has 9 heteroatoms. The Labute approximate surface area is 171 Å². The average molecular weight is 421 g/mol. The lowest BCUT2D eigenvalue weighted by molar-refractivity contribution is 0.0952. The monoisotopic (exact) mass is 420 g/mol. The molecule has 1 amide bonds. The van der Waals surface area contributed by atoms with Gasteiger partial charge < -0.3 is 14.6 Å². The van der Waals surface area contributed by atoms with E-state index in [1.807, 2.05) is 10.8 Å². The van der Waals surface area contributed by atoms with Crippen molar-refractivity contribution in [1.82, 2.24) is 19.6 Å². The number of rotatable bonds is 9. The molecule has 1 aliphatic rings. The van der Waals surface area contributed by atoms with Gasteiger partial charge in [0, 0.05) is 37.1 Å². The van der Waals surface area contributed by atoms with Gasteiger partial charge in [-0.1, -0.05) is 19.3 Å². The van der Waals surface area contributed by atoms with Crippen LogP contribution in [0.5, 0.6) is 5.75 Å². The van der Waals surface area contributed by atoms with E-state index in [0.29, 0.717) is 6.54 Å². The largest absolute Gasteiger partial charge is 0.495 e. The lowest BCUT2D eigenvalue weighted by Gasteiger charge is -2.23. The molecule has 1 aliphatic carbocycles. The van der Waals surface area contributed by atoms with E-state index >= 15 is 0 Å². The van der Waals surface area contributed by atoms with E-state index in [0.717, 1.165) is 45.1 Å². The van der Waals surface area contributed by atoms with Gasteiger partial charge in [-0.2, -0.15) is 0 Å². The van der Waals surface area contributed by atoms with Gasteiger partial charge in [-0.15, -0.1) is 0 Å². The van der Waals surface area contributed by atoms with Crippen molar-refractivity contribution in [1.29, 1.82) is 0 Å². The molecule has 158 valence electrons. The highest BCUT2D eigenvalue weighted by Gasteiger charge is 2.26. The number of ether oxygens (including phenoxy) is 1. The van der Waals surface area contributed by atoms with Gasteiger partial charge in [0.15, 0.2) is 0 Å². The Bertz CT molecular complexity index is 907. The number of carbonyl (C=O) groups is 1. The molecule has 3 rings (SSSR count). The topological polar surface area (TPSA) is 102 Å². The number of hydrogen-bond acceptors (Lipinski definition) is 5. The molecule has 1 saturated carbocycles. The summed E-state index contributed by atoms with van der Waals surface area (Å²) in [6.45, 7) is 1.22. The summed E-state index contributed by atoms with van der Waals surface area (Å²) in [6.07, 6.45) is 10.9. The first-order chi connectivity index (χ1) is 14.0. The van der Waals surface area contributed by atoms with Crippen LogP contribution in [0.1, 0.15) is 48.9 Å². The average Bonchev–Trinajstić information content (AvgIpc) is 3.24. The van der Waals surface area contributed by atoms with Crippen LogP contribution in [0.25, 0.3) is 0 Å². The normalized spacial score (nSPS) is 15.2. The minimum absolute atomic E-state index is 0.00311. The Morgan fingerprint density at radius 1 is 1.28 bits per heavy atom. The lowest BCUT2D eigenvalue weighted by Crippen LogP contribution is -2.36. The highest BCUT2D eigenvalue weighted by Crippen LogP contribution is 2.27. The van der Waals surface area contributed by atoms with E-state index < -0.39 is 10.0 Å². The number of imidazole rings is 1. The Morgan fingerprint density at radius 2 is 2.07 bits per heavy atom. The highest BCUT2D eigenvalue weighted by molar-refractivity contribution is 7.89. The molecular weight excluding hydrogens is 392 g/mol. The van der Waals surface area contributed by atoms with E-state index in [9.17, 15) is 13.2 Å². The fourth-order valence-corrected chi connectivity index (χ4v) is 5.02. The molecule has 0 atom stereocenters. The molecule has 0 bridgehead atoms. The Balaban J connectivity index is 1.66. The predicted molar refractivity (Wildman–Crippen MR) is 109 cm³/mol. The van der Waals surface area contributed by atoms with Crippen LogP contribution in [-0.2, 0) is 16.6 Å². The number of methoxy groups -OCH3 is 1. The van der Waals surface area contributed by atoms with Gasteiger partial charge in [0.05, 0.1) is 13.4 Å². The van der Waals surface area contributed by atoms with Crippen molar-refractivity contribution in [2.75, 3.05) is 13.7 Å². The molecule has 0 unspecified atom stereocenters. The molecule has 8 nitrogen and oxygen atoms in total. The second kappa shape index (κ2) is 9.89. The maximum absolute atomic E-state index is 12.9. The smallest absolute Gasteiger partial charge is 0.251 e. The standard InChI is InChI=1S/C20H28N4O4S/c1-28-18-9-8-16(20(25)22-10-5-12-24-13-11-21-15-24)14-19(18)29(26,27)23-17-6-3-2-4-7-17/h8-9,11,13-15,17,23H,2-7,10,12H2,1H3,(H,22,25). The first-order valence-corrected chi connectivity index (χ1v) is 11.4. The predicted octanol–water partition coefficient (Wildman–Crippen LogP) is 2.32. The van der Waals surface area contributed by atoms with E-state index in [2.05, 4.69) is 15.0 Å². The zero-order chi connectivity index (χ0) is 20.7. The minimum atomic E-state index is -3.78. The van der Waals surface area contributed by atoms with E-state index in [1.54, 1.807) is 18.6 Å². The molecular formula is C20H28N4O4S. The Kier molecular flexibility index (Phi) is 7.27. The van der Waals surface area contributed by atoms with Crippen molar-refractivity contribution in [2.24, 2.45) is 0 Å². The molecule has 0 aliphatic heterocycles. The van der Waals surface area contributed by atoms with Crippen LogP contribution in [0.2, 0.25) is 0 Å². The fraction of sp³-hybridized carbons (Fsp3) is 0.500.